The number of aromatic nitrogens is 1. The lowest BCUT2D eigenvalue weighted by atomic mass is 9.99. The molecule has 0 aliphatic rings. The van der Waals surface area contributed by atoms with E-state index in [1.807, 2.05) is 12.1 Å². The lowest BCUT2D eigenvalue weighted by molar-refractivity contribution is 0.669. The van der Waals surface area contributed by atoms with Gasteiger partial charge in [0.25, 0.3) is 0 Å². The second kappa shape index (κ2) is 12.6. The van der Waals surface area contributed by atoms with Crippen molar-refractivity contribution in [3.63, 3.8) is 0 Å². The number of hydrogen-bond donors (Lipinski definition) is 0. The highest BCUT2D eigenvalue weighted by atomic mass is 16.3. The molecule has 0 radical (unpaired) electrons. The summed E-state index contributed by atoms with van der Waals surface area (Å²) in [6.45, 7) is 0. The number of hydrogen-bond acceptors (Lipinski definition) is 2. The minimum atomic E-state index is 0.920. The molecular formula is C52H34N2O. The molecule has 0 N–H and O–H groups in total. The van der Waals surface area contributed by atoms with Gasteiger partial charge in [-0.25, -0.2) is 0 Å². The number of anilines is 3. The van der Waals surface area contributed by atoms with Gasteiger partial charge in [-0.05, 0) is 106 Å². The summed E-state index contributed by atoms with van der Waals surface area (Å²) in [5.74, 6) is 0. The van der Waals surface area contributed by atoms with E-state index in [2.05, 4.69) is 204 Å². The Hall–Kier alpha value is -7.36. The standard InChI is InChI=1S/C52H34N2O/c1-3-13-36(14-4-1)43-17-7-10-20-48(43)53(42-29-30-50-46(34-42)44-18-8-11-21-49(44)54(50)40-15-5-2-6-16-40)41-27-25-35(26-28-41)37-23-24-38-33-52-47(32-39(38)31-37)45-19-9-12-22-51(45)55-52/h1-34H. The van der Waals surface area contributed by atoms with Gasteiger partial charge in [-0.2, -0.15) is 0 Å². The number of nitrogens with zero attached hydrogens (tertiary/aromatic N) is 2. The molecule has 0 fully saturated rings. The Labute approximate surface area is 318 Å². The number of furan rings is 1. The van der Waals surface area contributed by atoms with Crippen molar-refractivity contribution in [2.75, 3.05) is 4.90 Å². The SMILES string of the molecule is c1ccc(-c2ccccc2N(c2ccc(-c3ccc4cc5oc6ccccc6c5cc4c3)cc2)c2ccc3c(c2)c2ccccc2n3-c2ccccc2)cc1. The molecule has 0 saturated carbocycles. The van der Waals surface area contributed by atoms with Crippen LogP contribution in [0.25, 0.3) is 82.5 Å². The summed E-state index contributed by atoms with van der Waals surface area (Å²) < 4.78 is 8.55. The summed E-state index contributed by atoms with van der Waals surface area (Å²) in [5, 5.41) is 7.10. The maximum absolute atomic E-state index is 6.18. The summed E-state index contributed by atoms with van der Waals surface area (Å²) in [5.41, 5.74) is 13.4. The van der Waals surface area contributed by atoms with Crippen LogP contribution < -0.4 is 4.90 Å². The topological polar surface area (TPSA) is 21.3 Å². The Morgan fingerprint density at radius 1 is 0.364 bits per heavy atom. The first-order valence-electron chi connectivity index (χ1n) is 18.8. The predicted molar refractivity (Wildman–Crippen MR) is 231 cm³/mol. The Kier molecular flexibility index (Phi) is 7.17. The summed E-state index contributed by atoms with van der Waals surface area (Å²) >= 11 is 0. The van der Waals surface area contributed by atoms with Crippen LogP contribution in [-0.2, 0) is 0 Å². The number of rotatable bonds is 6. The lowest BCUT2D eigenvalue weighted by Crippen LogP contribution is -2.11. The molecule has 258 valence electrons. The van der Waals surface area contributed by atoms with E-state index in [1.54, 1.807) is 0 Å². The van der Waals surface area contributed by atoms with Crippen LogP contribution in [0, 0.1) is 0 Å². The second-order valence-electron chi connectivity index (χ2n) is 14.2. The molecule has 0 atom stereocenters. The van der Waals surface area contributed by atoms with Crippen molar-refractivity contribution < 1.29 is 4.42 Å². The largest absolute Gasteiger partial charge is 0.456 e. The smallest absolute Gasteiger partial charge is 0.136 e. The minimum Gasteiger partial charge on any atom is -0.456 e. The van der Waals surface area contributed by atoms with Gasteiger partial charge < -0.3 is 13.9 Å². The van der Waals surface area contributed by atoms with E-state index < -0.39 is 0 Å². The highest BCUT2D eigenvalue weighted by molar-refractivity contribution is 6.12. The maximum Gasteiger partial charge on any atom is 0.136 e. The van der Waals surface area contributed by atoms with E-state index in [0.717, 1.165) is 44.7 Å². The molecule has 0 saturated heterocycles. The van der Waals surface area contributed by atoms with Gasteiger partial charge in [-0.3, -0.25) is 0 Å². The summed E-state index contributed by atoms with van der Waals surface area (Å²) in [6, 6.07) is 74.1. The van der Waals surface area contributed by atoms with Crippen LogP contribution in [0.15, 0.2) is 211 Å². The molecule has 2 heterocycles. The average Bonchev–Trinajstić information content (AvgIpc) is 3.78. The molecule has 0 aliphatic carbocycles. The fourth-order valence-electron chi connectivity index (χ4n) is 8.36. The summed E-state index contributed by atoms with van der Waals surface area (Å²) in [6.07, 6.45) is 0. The first kappa shape index (κ1) is 31.2. The molecule has 3 nitrogen and oxygen atoms in total. The van der Waals surface area contributed by atoms with Crippen LogP contribution >= 0.6 is 0 Å². The van der Waals surface area contributed by atoms with Gasteiger partial charge in [0.2, 0.25) is 0 Å². The Morgan fingerprint density at radius 3 is 1.89 bits per heavy atom. The molecule has 0 unspecified atom stereocenters. The van der Waals surface area contributed by atoms with Crippen molar-refractivity contribution in [3.8, 4) is 27.9 Å². The van der Waals surface area contributed by atoms with E-state index in [9.17, 15) is 0 Å². The normalized spacial score (nSPS) is 11.6. The van der Waals surface area contributed by atoms with E-state index in [-0.39, 0.29) is 0 Å². The fourth-order valence-corrected chi connectivity index (χ4v) is 8.36. The Balaban J connectivity index is 1.06. The minimum absolute atomic E-state index is 0.920. The highest BCUT2D eigenvalue weighted by Gasteiger charge is 2.20. The maximum atomic E-state index is 6.18. The fraction of sp³-hybridized carbons (Fsp3) is 0. The van der Waals surface area contributed by atoms with Gasteiger partial charge in [-0.1, -0.05) is 127 Å². The van der Waals surface area contributed by atoms with E-state index in [4.69, 9.17) is 4.42 Å². The third-order valence-electron chi connectivity index (χ3n) is 11.0. The van der Waals surface area contributed by atoms with Crippen LogP contribution in [-0.4, -0.2) is 4.57 Å². The Bertz CT molecular complexity index is 3190. The van der Waals surface area contributed by atoms with E-state index >= 15 is 0 Å². The molecule has 55 heavy (non-hydrogen) atoms. The number of para-hydroxylation sites is 4. The molecule has 0 amide bonds. The first-order chi connectivity index (χ1) is 27.3. The molecule has 2 aromatic heterocycles. The van der Waals surface area contributed by atoms with Crippen LogP contribution in [0.1, 0.15) is 0 Å². The third kappa shape index (κ3) is 5.20. The third-order valence-corrected chi connectivity index (χ3v) is 11.0. The molecule has 11 rings (SSSR count). The second-order valence-corrected chi connectivity index (χ2v) is 14.2. The van der Waals surface area contributed by atoms with Crippen LogP contribution in [0.4, 0.5) is 17.1 Å². The number of fused-ring (bicyclic) bond motifs is 7. The molecule has 0 aliphatic heterocycles. The van der Waals surface area contributed by atoms with Crippen LogP contribution in [0.2, 0.25) is 0 Å². The highest BCUT2D eigenvalue weighted by Crippen LogP contribution is 2.44. The van der Waals surface area contributed by atoms with Gasteiger partial charge in [0, 0.05) is 44.2 Å². The van der Waals surface area contributed by atoms with Crippen molar-refractivity contribution in [2.24, 2.45) is 0 Å². The zero-order chi connectivity index (χ0) is 36.3. The first-order valence-corrected chi connectivity index (χ1v) is 18.8. The van der Waals surface area contributed by atoms with Crippen molar-refractivity contribution in [3.05, 3.63) is 206 Å². The molecule has 0 spiro atoms. The van der Waals surface area contributed by atoms with E-state index in [0.29, 0.717) is 0 Å². The van der Waals surface area contributed by atoms with Crippen molar-refractivity contribution in [2.45, 2.75) is 0 Å². The molecule has 3 heteroatoms. The number of benzene rings is 9. The molecule has 0 bridgehead atoms. The van der Waals surface area contributed by atoms with Gasteiger partial charge in [0.15, 0.2) is 0 Å². The average molecular weight is 703 g/mol. The van der Waals surface area contributed by atoms with Crippen LogP contribution in [0.5, 0.6) is 0 Å². The summed E-state index contributed by atoms with van der Waals surface area (Å²) in [4.78, 5) is 2.40. The van der Waals surface area contributed by atoms with Gasteiger partial charge >= 0.3 is 0 Å². The predicted octanol–water partition coefficient (Wildman–Crippen LogP) is 14.6. The molecule has 9 aromatic carbocycles. The van der Waals surface area contributed by atoms with Crippen molar-refractivity contribution >= 4 is 71.6 Å². The van der Waals surface area contributed by atoms with Gasteiger partial charge in [-0.15, -0.1) is 0 Å². The molecular weight excluding hydrogens is 669 g/mol. The molecule has 11 aromatic rings. The van der Waals surface area contributed by atoms with E-state index in [1.165, 1.54) is 54.8 Å². The quantitative estimate of drug-likeness (QED) is 0.172. The Morgan fingerprint density at radius 2 is 1.04 bits per heavy atom. The summed E-state index contributed by atoms with van der Waals surface area (Å²) in [7, 11) is 0. The van der Waals surface area contributed by atoms with Crippen LogP contribution in [0.3, 0.4) is 0 Å². The zero-order valence-electron chi connectivity index (χ0n) is 29.9. The van der Waals surface area contributed by atoms with Gasteiger partial charge in [0.1, 0.15) is 11.2 Å². The zero-order valence-corrected chi connectivity index (χ0v) is 29.9. The van der Waals surface area contributed by atoms with Crippen molar-refractivity contribution in [1.82, 2.24) is 4.57 Å². The lowest BCUT2D eigenvalue weighted by Gasteiger charge is -2.28. The monoisotopic (exact) mass is 702 g/mol. The van der Waals surface area contributed by atoms with Gasteiger partial charge in [0.05, 0.1) is 16.7 Å². The van der Waals surface area contributed by atoms with Crippen molar-refractivity contribution in [1.29, 1.82) is 0 Å².